The van der Waals surface area contributed by atoms with E-state index in [-0.39, 0.29) is 0 Å². The Labute approximate surface area is 115 Å². The molecular formula is C15H24N2S. The van der Waals surface area contributed by atoms with Crippen molar-refractivity contribution < 1.29 is 0 Å². The molecule has 0 radical (unpaired) electrons. The third-order valence-corrected chi connectivity index (χ3v) is 4.66. The maximum absolute atomic E-state index is 3.75. The second kappa shape index (κ2) is 7.17. The zero-order chi connectivity index (χ0) is 12.8. The predicted molar refractivity (Wildman–Crippen MR) is 81.2 cm³/mol. The maximum Gasteiger partial charge on any atom is 0.0449 e. The summed E-state index contributed by atoms with van der Waals surface area (Å²) in [6.45, 7) is 2.21. The van der Waals surface area contributed by atoms with Crippen LogP contribution in [0.3, 0.4) is 0 Å². The molecule has 2 nitrogen and oxygen atoms in total. The molecule has 2 atom stereocenters. The number of likely N-dealkylation sites (N-methyl/N-ethyl adjacent to an activating group) is 1. The van der Waals surface area contributed by atoms with Crippen LogP contribution in [0.15, 0.2) is 30.3 Å². The number of nitrogens with one attached hydrogen (secondary N) is 1. The Morgan fingerprint density at radius 2 is 2.11 bits per heavy atom. The summed E-state index contributed by atoms with van der Waals surface area (Å²) in [5, 5.41) is 3.75. The van der Waals surface area contributed by atoms with E-state index in [1.165, 1.54) is 23.5 Å². The fourth-order valence-electron chi connectivity index (χ4n) is 2.39. The molecule has 3 heteroatoms. The number of rotatable bonds is 6. The Balaban J connectivity index is 1.92. The number of thioether (sulfide) groups is 1. The quantitative estimate of drug-likeness (QED) is 0.850. The molecule has 1 aliphatic rings. The lowest BCUT2D eigenvalue weighted by molar-refractivity contribution is 0.331. The van der Waals surface area contributed by atoms with Crippen molar-refractivity contribution in [3.8, 4) is 0 Å². The van der Waals surface area contributed by atoms with E-state index in [1.54, 1.807) is 0 Å². The summed E-state index contributed by atoms with van der Waals surface area (Å²) in [7, 11) is 4.28. The number of nitrogens with zero attached hydrogens (tertiary/aromatic N) is 1. The smallest absolute Gasteiger partial charge is 0.0449 e. The number of hydrogen-bond donors (Lipinski definition) is 1. The van der Waals surface area contributed by atoms with E-state index < -0.39 is 0 Å². The SMILES string of the molecule is CN(C)CC(NCC1CCSC1)c1ccccc1. The molecule has 1 fully saturated rings. The first-order valence-electron chi connectivity index (χ1n) is 6.76. The average molecular weight is 264 g/mol. The monoisotopic (exact) mass is 264 g/mol. The van der Waals surface area contributed by atoms with Crippen LogP contribution in [0.2, 0.25) is 0 Å². The van der Waals surface area contributed by atoms with Crippen LogP contribution < -0.4 is 5.32 Å². The van der Waals surface area contributed by atoms with Gasteiger partial charge < -0.3 is 10.2 Å². The van der Waals surface area contributed by atoms with Crippen molar-refractivity contribution in [2.75, 3.05) is 38.7 Å². The van der Waals surface area contributed by atoms with Gasteiger partial charge in [-0.3, -0.25) is 0 Å². The molecule has 1 aromatic carbocycles. The zero-order valence-electron chi connectivity index (χ0n) is 11.4. The van der Waals surface area contributed by atoms with Gasteiger partial charge >= 0.3 is 0 Å². The van der Waals surface area contributed by atoms with E-state index in [1.807, 2.05) is 0 Å². The fraction of sp³-hybridized carbons (Fsp3) is 0.600. The lowest BCUT2D eigenvalue weighted by Gasteiger charge is -2.24. The van der Waals surface area contributed by atoms with E-state index in [0.29, 0.717) is 6.04 Å². The van der Waals surface area contributed by atoms with Gasteiger partial charge in [-0.2, -0.15) is 11.8 Å². The van der Waals surface area contributed by atoms with Crippen molar-refractivity contribution in [1.82, 2.24) is 10.2 Å². The van der Waals surface area contributed by atoms with E-state index >= 15 is 0 Å². The van der Waals surface area contributed by atoms with Gasteiger partial charge in [0.25, 0.3) is 0 Å². The molecule has 1 aromatic rings. The van der Waals surface area contributed by atoms with E-state index in [9.17, 15) is 0 Å². The summed E-state index contributed by atoms with van der Waals surface area (Å²) < 4.78 is 0. The van der Waals surface area contributed by atoms with Crippen LogP contribution in [0.5, 0.6) is 0 Å². The van der Waals surface area contributed by atoms with Gasteiger partial charge in [0.2, 0.25) is 0 Å². The molecule has 0 spiro atoms. The lowest BCUT2D eigenvalue weighted by Crippen LogP contribution is -2.34. The van der Waals surface area contributed by atoms with E-state index in [2.05, 4.69) is 66.4 Å². The number of hydrogen-bond acceptors (Lipinski definition) is 3. The molecule has 100 valence electrons. The lowest BCUT2D eigenvalue weighted by atomic mass is 10.0. The van der Waals surface area contributed by atoms with Crippen LogP contribution in [0.1, 0.15) is 18.0 Å². The molecule has 1 N–H and O–H groups in total. The molecule has 1 aliphatic heterocycles. The Morgan fingerprint density at radius 1 is 1.33 bits per heavy atom. The molecule has 2 unspecified atom stereocenters. The molecule has 0 aromatic heterocycles. The summed E-state index contributed by atoms with van der Waals surface area (Å²) in [5.74, 6) is 3.54. The Hall–Kier alpha value is -0.510. The topological polar surface area (TPSA) is 15.3 Å². The van der Waals surface area contributed by atoms with Crippen molar-refractivity contribution in [1.29, 1.82) is 0 Å². The van der Waals surface area contributed by atoms with Gasteiger partial charge in [-0.15, -0.1) is 0 Å². The van der Waals surface area contributed by atoms with Gasteiger partial charge in [-0.05, 0) is 50.0 Å². The van der Waals surface area contributed by atoms with Crippen LogP contribution in [-0.4, -0.2) is 43.6 Å². The van der Waals surface area contributed by atoms with Gasteiger partial charge in [0, 0.05) is 12.6 Å². The highest BCUT2D eigenvalue weighted by Crippen LogP contribution is 2.23. The van der Waals surface area contributed by atoms with Gasteiger partial charge in [0.1, 0.15) is 0 Å². The fourth-order valence-corrected chi connectivity index (χ4v) is 3.68. The molecule has 2 rings (SSSR count). The first-order valence-corrected chi connectivity index (χ1v) is 7.92. The molecule has 0 aliphatic carbocycles. The summed E-state index contributed by atoms with van der Waals surface area (Å²) in [5.41, 5.74) is 1.40. The minimum atomic E-state index is 0.451. The standard InChI is InChI=1S/C15H24N2S/c1-17(2)11-15(14-6-4-3-5-7-14)16-10-13-8-9-18-12-13/h3-7,13,15-16H,8-12H2,1-2H3. The van der Waals surface area contributed by atoms with Gasteiger partial charge in [-0.25, -0.2) is 0 Å². The highest BCUT2D eigenvalue weighted by Gasteiger charge is 2.18. The Bertz CT molecular complexity index is 334. The maximum atomic E-state index is 3.75. The highest BCUT2D eigenvalue weighted by molar-refractivity contribution is 7.99. The molecule has 0 saturated carbocycles. The van der Waals surface area contributed by atoms with Crippen molar-refractivity contribution >= 4 is 11.8 Å². The summed E-state index contributed by atoms with van der Waals surface area (Å²) >= 11 is 2.09. The molecule has 18 heavy (non-hydrogen) atoms. The van der Waals surface area contributed by atoms with Crippen molar-refractivity contribution in [2.24, 2.45) is 5.92 Å². The van der Waals surface area contributed by atoms with Crippen molar-refractivity contribution in [3.05, 3.63) is 35.9 Å². The summed E-state index contributed by atoms with van der Waals surface area (Å²) in [6.07, 6.45) is 1.38. The Kier molecular flexibility index (Phi) is 5.54. The highest BCUT2D eigenvalue weighted by atomic mass is 32.2. The van der Waals surface area contributed by atoms with Gasteiger partial charge in [0.05, 0.1) is 0 Å². The van der Waals surface area contributed by atoms with Gasteiger partial charge in [0.15, 0.2) is 0 Å². The van der Waals surface area contributed by atoms with E-state index in [4.69, 9.17) is 0 Å². The normalized spacial score (nSPS) is 21.4. The summed E-state index contributed by atoms with van der Waals surface area (Å²) in [4.78, 5) is 2.26. The molecule has 0 bridgehead atoms. The first-order chi connectivity index (χ1) is 8.75. The first kappa shape index (κ1) is 13.9. The second-order valence-corrected chi connectivity index (χ2v) is 6.51. The van der Waals surface area contributed by atoms with Crippen LogP contribution in [0.25, 0.3) is 0 Å². The van der Waals surface area contributed by atoms with Gasteiger partial charge in [-0.1, -0.05) is 30.3 Å². The molecule has 0 amide bonds. The molecular weight excluding hydrogens is 240 g/mol. The third kappa shape index (κ3) is 4.30. The predicted octanol–water partition coefficient (Wildman–Crippen LogP) is 2.63. The van der Waals surface area contributed by atoms with Crippen LogP contribution in [0, 0.1) is 5.92 Å². The zero-order valence-corrected chi connectivity index (χ0v) is 12.2. The van der Waals surface area contributed by atoms with Crippen molar-refractivity contribution in [3.63, 3.8) is 0 Å². The third-order valence-electron chi connectivity index (χ3n) is 3.43. The number of benzene rings is 1. The van der Waals surface area contributed by atoms with Crippen LogP contribution in [0.4, 0.5) is 0 Å². The minimum Gasteiger partial charge on any atom is -0.309 e. The van der Waals surface area contributed by atoms with Crippen molar-refractivity contribution in [2.45, 2.75) is 12.5 Å². The van der Waals surface area contributed by atoms with E-state index in [0.717, 1.165) is 19.0 Å². The minimum absolute atomic E-state index is 0.451. The molecule has 1 heterocycles. The largest absolute Gasteiger partial charge is 0.309 e. The average Bonchev–Trinajstić information content (AvgIpc) is 2.88. The second-order valence-electron chi connectivity index (χ2n) is 5.36. The Morgan fingerprint density at radius 3 is 2.72 bits per heavy atom. The molecule has 1 saturated heterocycles. The summed E-state index contributed by atoms with van der Waals surface area (Å²) in [6, 6.07) is 11.3. The van der Waals surface area contributed by atoms with Crippen LogP contribution in [-0.2, 0) is 0 Å². The van der Waals surface area contributed by atoms with Crippen LogP contribution >= 0.6 is 11.8 Å².